The summed E-state index contributed by atoms with van der Waals surface area (Å²) in [6.07, 6.45) is 3.39. The molecule has 1 fully saturated rings. The van der Waals surface area contributed by atoms with Gasteiger partial charge in [-0.15, -0.1) is 0 Å². The Hall–Kier alpha value is -1.46. The van der Waals surface area contributed by atoms with Crippen molar-refractivity contribution in [2.75, 3.05) is 19.6 Å². The van der Waals surface area contributed by atoms with E-state index in [0.717, 1.165) is 26.1 Å². The lowest BCUT2D eigenvalue weighted by Gasteiger charge is -2.25. The van der Waals surface area contributed by atoms with Crippen LogP contribution >= 0.6 is 0 Å². The van der Waals surface area contributed by atoms with Crippen molar-refractivity contribution in [3.8, 4) is 0 Å². The van der Waals surface area contributed by atoms with Crippen molar-refractivity contribution >= 4 is 5.91 Å². The summed E-state index contributed by atoms with van der Waals surface area (Å²) in [4.78, 5) is 13.5. The molecule has 3 N–H and O–H groups in total. The Bertz CT molecular complexity index is 486. The van der Waals surface area contributed by atoms with Gasteiger partial charge in [0.05, 0.1) is 0 Å². The Balaban J connectivity index is 2.07. The second-order valence-corrected chi connectivity index (χ2v) is 5.70. The molecule has 21 heavy (non-hydrogen) atoms. The Morgan fingerprint density at radius 2 is 2.33 bits per heavy atom. The molecule has 0 bridgehead atoms. The van der Waals surface area contributed by atoms with E-state index < -0.39 is 5.91 Å². The van der Waals surface area contributed by atoms with Crippen molar-refractivity contribution in [2.45, 2.75) is 38.8 Å². The molecule has 0 radical (unpaired) electrons. The van der Waals surface area contributed by atoms with E-state index in [9.17, 15) is 9.18 Å². The number of benzene rings is 1. The zero-order chi connectivity index (χ0) is 15.2. The highest BCUT2D eigenvalue weighted by atomic mass is 19.1. The molecule has 1 aromatic rings. The molecule has 1 atom stereocenters. The summed E-state index contributed by atoms with van der Waals surface area (Å²) in [6, 6.07) is 4.82. The first kappa shape index (κ1) is 15.9. The summed E-state index contributed by atoms with van der Waals surface area (Å²) in [5.74, 6) is -0.795. The smallest absolute Gasteiger partial charge is 0.248 e. The molecule has 0 spiro atoms. The lowest BCUT2D eigenvalue weighted by molar-refractivity contribution is 0.1000. The van der Waals surface area contributed by atoms with E-state index in [4.69, 9.17) is 5.73 Å². The molecular weight excluding hydrogens is 269 g/mol. The zero-order valence-corrected chi connectivity index (χ0v) is 12.6. The molecular formula is C16H24FN3O. The average molecular weight is 293 g/mol. The van der Waals surface area contributed by atoms with Crippen LogP contribution in [0, 0.1) is 5.82 Å². The Morgan fingerprint density at radius 1 is 1.52 bits per heavy atom. The van der Waals surface area contributed by atoms with Gasteiger partial charge in [-0.05, 0) is 50.6 Å². The molecule has 1 heterocycles. The highest BCUT2D eigenvalue weighted by molar-refractivity contribution is 5.92. The minimum Gasteiger partial charge on any atom is -0.366 e. The number of rotatable bonds is 7. The number of halogens is 1. The van der Waals surface area contributed by atoms with Gasteiger partial charge in [-0.1, -0.05) is 6.92 Å². The molecule has 116 valence electrons. The summed E-state index contributed by atoms with van der Waals surface area (Å²) in [6.45, 7) is 5.52. The van der Waals surface area contributed by atoms with E-state index in [2.05, 4.69) is 17.1 Å². The van der Waals surface area contributed by atoms with E-state index in [0.29, 0.717) is 23.7 Å². The van der Waals surface area contributed by atoms with Crippen LogP contribution in [-0.4, -0.2) is 36.5 Å². The first-order valence-electron chi connectivity index (χ1n) is 7.64. The van der Waals surface area contributed by atoms with E-state index in [1.54, 1.807) is 6.07 Å². The number of nitrogens with one attached hydrogen (secondary N) is 1. The fourth-order valence-corrected chi connectivity index (χ4v) is 2.87. The number of primary amides is 1. The van der Waals surface area contributed by atoms with Gasteiger partial charge in [-0.25, -0.2) is 4.39 Å². The van der Waals surface area contributed by atoms with Gasteiger partial charge in [0.2, 0.25) is 5.91 Å². The Labute approximate surface area is 125 Å². The van der Waals surface area contributed by atoms with Gasteiger partial charge >= 0.3 is 0 Å². The molecule has 0 aromatic heterocycles. The van der Waals surface area contributed by atoms with Crippen molar-refractivity contribution in [2.24, 2.45) is 5.73 Å². The molecule has 1 amide bonds. The van der Waals surface area contributed by atoms with E-state index in [-0.39, 0.29) is 5.82 Å². The minimum atomic E-state index is -0.518. The number of hydrogen-bond acceptors (Lipinski definition) is 3. The van der Waals surface area contributed by atoms with Crippen LogP contribution in [0.25, 0.3) is 0 Å². The van der Waals surface area contributed by atoms with Crippen LogP contribution in [-0.2, 0) is 6.54 Å². The van der Waals surface area contributed by atoms with Crippen LogP contribution in [0.15, 0.2) is 18.2 Å². The largest absolute Gasteiger partial charge is 0.366 e. The predicted octanol–water partition coefficient (Wildman–Crippen LogP) is 1.89. The summed E-state index contributed by atoms with van der Waals surface area (Å²) < 4.78 is 14.0. The van der Waals surface area contributed by atoms with Gasteiger partial charge in [0, 0.05) is 30.3 Å². The highest BCUT2D eigenvalue weighted by Gasteiger charge is 2.19. The first-order chi connectivity index (χ1) is 10.1. The van der Waals surface area contributed by atoms with Crippen LogP contribution < -0.4 is 11.1 Å². The summed E-state index contributed by atoms with van der Waals surface area (Å²) in [5.41, 5.74) is 6.17. The van der Waals surface area contributed by atoms with Crippen LogP contribution in [0.5, 0.6) is 0 Å². The van der Waals surface area contributed by atoms with Crippen molar-refractivity contribution in [3.05, 3.63) is 35.1 Å². The molecule has 4 nitrogen and oxygen atoms in total. The second kappa shape index (κ2) is 7.52. The normalized spacial score (nSPS) is 18.3. The fourth-order valence-electron chi connectivity index (χ4n) is 2.87. The topological polar surface area (TPSA) is 58.4 Å². The SMILES string of the molecule is CCCN(Cc1cc(C(N)=O)ccc1F)CC1CCCN1. The number of amides is 1. The Kier molecular flexibility index (Phi) is 5.70. The quantitative estimate of drug-likeness (QED) is 0.807. The molecule has 2 rings (SSSR count). The highest BCUT2D eigenvalue weighted by Crippen LogP contribution is 2.15. The Morgan fingerprint density at radius 3 is 2.95 bits per heavy atom. The first-order valence-corrected chi connectivity index (χ1v) is 7.64. The van der Waals surface area contributed by atoms with Gasteiger partial charge in [-0.3, -0.25) is 9.69 Å². The molecule has 1 saturated heterocycles. The fraction of sp³-hybridized carbons (Fsp3) is 0.562. The molecule has 1 aromatic carbocycles. The van der Waals surface area contributed by atoms with Gasteiger partial charge in [0.25, 0.3) is 0 Å². The third-order valence-electron chi connectivity index (χ3n) is 3.90. The maximum absolute atomic E-state index is 14.0. The molecule has 1 unspecified atom stereocenters. The molecule has 5 heteroatoms. The van der Waals surface area contributed by atoms with Crippen molar-refractivity contribution in [3.63, 3.8) is 0 Å². The third kappa shape index (κ3) is 4.51. The number of carbonyl (C=O) groups excluding carboxylic acids is 1. The number of carbonyl (C=O) groups is 1. The van der Waals surface area contributed by atoms with Crippen molar-refractivity contribution < 1.29 is 9.18 Å². The molecule has 1 aliphatic heterocycles. The standard InChI is InChI=1S/C16H24FN3O/c1-2-8-20(11-14-4-3-7-19-14)10-13-9-12(16(18)21)5-6-15(13)17/h5-6,9,14,19H,2-4,7-8,10-11H2,1H3,(H2,18,21). The van der Waals surface area contributed by atoms with Crippen LogP contribution in [0.2, 0.25) is 0 Å². The van der Waals surface area contributed by atoms with Gasteiger partial charge in [0.15, 0.2) is 0 Å². The van der Waals surface area contributed by atoms with E-state index >= 15 is 0 Å². The molecule has 0 saturated carbocycles. The van der Waals surface area contributed by atoms with Crippen molar-refractivity contribution in [1.82, 2.24) is 10.2 Å². The van der Waals surface area contributed by atoms with Crippen molar-refractivity contribution in [1.29, 1.82) is 0 Å². The summed E-state index contributed by atoms with van der Waals surface area (Å²) in [7, 11) is 0. The zero-order valence-electron chi connectivity index (χ0n) is 12.6. The van der Waals surface area contributed by atoms with Gasteiger partial charge in [-0.2, -0.15) is 0 Å². The summed E-state index contributed by atoms with van der Waals surface area (Å²) in [5, 5.41) is 3.47. The second-order valence-electron chi connectivity index (χ2n) is 5.70. The molecule has 1 aliphatic rings. The van der Waals surface area contributed by atoms with Crippen LogP contribution in [0.3, 0.4) is 0 Å². The predicted molar refractivity (Wildman–Crippen MR) is 81.5 cm³/mol. The lowest BCUT2D eigenvalue weighted by Crippen LogP contribution is -2.37. The number of nitrogens with zero attached hydrogens (tertiary/aromatic N) is 1. The maximum atomic E-state index is 14.0. The average Bonchev–Trinajstić information content (AvgIpc) is 2.94. The monoisotopic (exact) mass is 293 g/mol. The molecule has 0 aliphatic carbocycles. The minimum absolute atomic E-state index is 0.277. The van der Waals surface area contributed by atoms with E-state index in [1.807, 2.05) is 0 Å². The lowest BCUT2D eigenvalue weighted by atomic mass is 10.1. The van der Waals surface area contributed by atoms with E-state index in [1.165, 1.54) is 25.0 Å². The maximum Gasteiger partial charge on any atom is 0.248 e. The number of hydrogen-bond donors (Lipinski definition) is 2. The van der Waals surface area contributed by atoms with Gasteiger partial charge < -0.3 is 11.1 Å². The third-order valence-corrected chi connectivity index (χ3v) is 3.90. The summed E-state index contributed by atoms with van der Waals surface area (Å²) >= 11 is 0. The number of nitrogens with two attached hydrogens (primary N) is 1. The van der Waals surface area contributed by atoms with Crippen LogP contribution in [0.4, 0.5) is 4.39 Å². The van der Waals surface area contributed by atoms with Gasteiger partial charge in [0.1, 0.15) is 5.82 Å². The van der Waals surface area contributed by atoms with Crippen LogP contribution in [0.1, 0.15) is 42.1 Å².